The molecule has 0 spiro atoms. The van der Waals surface area contributed by atoms with E-state index in [4.69, 9.17) is 24.7 Å². The van der Waals surface area contributed by atoms with Crippen LogP contribution in [0.1, 0.15) is 51.2 Å². The Kier molecular flexibility index (Phi) is 23.1. The molecule has 1 aromatic rings. The van der Waals surface area contributed by atoms with Crippen molar-refractivity contribution in [2.24, 2.45) is 11.7 Å². The molecule has 7 amide bonds. The summed E-state index contributed by atoms with van der Waals surface area (Å²) in [7, 11) is 1.98. The molecule has 1 unspecified atom stereocenters. The van der Waals surface area contributed by atoms with Gasteiger partial charge in [-0.25, -0.2) is 0 Å². The molecule has 1 saturated heterocycles. The number of amides is 7. The van der Waals surface area contributed by atoms with Gasteiger partial charge in [-0.05, 0) is 50.0 Å². The smallest absolute Gasteiger partial charge is 0.256 e. The normalized spacial score (nSPS) is 15.8. The molecule has 2 aliphatic rings. The number of nitrogens with two attached hydrogens (primary N) is 1. The summed E-state index contributed by atoms with van der Waals surface area (Å²) in [5, 5.41) is 21.6. The molecule has 7 N–H and O–H groups in total. The first-order valence-corrected chi connectivity index (χ1v) is 20.8. The average molecular weight is 861 g/mol. The number of ether oxygens (including phenoxy) is 4. The average Bonchev–Trinajstić information content (AvgIpc) is 3.57. The maximum absolute atomic E-state index is 13.4. The standard InChI is InChI=1S/C41H64N8O12/c1-29(2)37(40(56)45-32(5-4-14-42)39(55)44-31-8-6-30(7-9-31)38(54)41(57)48-19-17-47(3)18-20-48)46-34(51)13-21-58-23-25-60-27-28-61-26-24-59-22-15-43-33(50)12-16-49-35(52)10-11-36(49)53/h6-11,29,32,37-38,54H,4-5,12-28,42H2,1-3H3,(H,43,50)(H,44,55)(H,45,56)(H,46,51)/t32-,37-,38?/m0/s1. The van der Waals surface area contributed by atoms with E-state index < -0.39 is 47.7 Å². The molecule has 3 rings (SSSR count). The Labute approximate surface area is 357 Å². The maximum atomic E-state index is 13.4. The Morgan fingerprint density at radius 3 is 1.90 bits per heavy atom. The molecule has 0 bridgehead atoms. The van der Waals surface area contributed by atoms with E-state index in [1.165, 1.54) is 12.2 Å². The predicted molar refractivity (Wildman–Crippen MR) is 222 cm³/mol. The van der Waals surface area contributed by atoms with Gasteiger partial charge in [-0.1, -0.05) is 26.0 Å². The van der Waals surface area contributed by atoms with E-state index in [1.54, 1.807) is 43.0 Å². The minimum Gasteiger partial charge on any atom is -0.379 e. The summed E-state index contributed by atoms with van der Waals surface area (Å²) in [6.45, 7) is 8.91. The molecule has 1 fully saturated rings. The van der Waals surface area contributed by atoms with Crippen LogP contribution >= 0.6 is 0 Å². The number of anilines is 1. The number of likely N-dealkylation sites (N-methyl/N-ethyl adjacent to an activating group) is 1. The van der Waals surface area contributed by atoms with Crippen LogP contribution in [0, 0.1) is 5.92 Å². The van der Waals surface area contributed by atoms with Gasteiger partial charge in [-0.3, -0.25) is 38.5 Å². The third-order valence-corrected chi connectivity index (χ3v) is 9.76. The van der Waals surface area contributed by atoms with E-state index in [0.717, 1.165) is 18.0 Å². The fraction of sp³-hybridized carbons (Fsp3) is 0.634. The molecule has 0 aromatic heterocycles. The minimum atomic E-state index is -1.33. The topological polar surface area (TPSA) is 260 Å². The predicted octanol–water partition coefficient (Wildman–Crippen LogP) is -1.32. The van der Waals surface area contributed by atoms with Crippen LogP contribution in [0.4, 0.5) is 5.69 Å². The number of rotatable bonds is 29. The van der Waals surface area contributed by atoms with Gasteiger partial charge in [-0.15, -0.1) is 0 Å². The zero-order chi connectivity index (χ0) is 44.6. The van der Waals surface area contributed by atoms with Crippen molar-refractivity contribution in [2.75, 3.05) is 111 Å². The molecule has 20 heteroatoms. The second-order valence-corrected chi connectivity index (χ2v) is 14.9. The number of nitrogens with zero attached hydrogens (tertiary/aromatic N) is 3. The number of aliphatic hydroxyl groups is 1. The lowest BCUT2D eigenvalue weighted by molar-refractivity contribution is -0.142. The number of aliphatic hydroxyl groups excluding tert-OH is 1. The fourth-order valence-corrected chi connectivity index (χ4v) is 6.10. The lowest BCUT2D eigenvalue weighted by atomic mass is 10.0. The van der Waals surface area contributed by atoms with Gasteiger partial charge in [0.2, 0.25) is 23.6 Å². The van der Waals surface area contributed by atoms with Gasteiger partial charge in [0.1, 0.15) is 12.1 Å². The molecular weight excluding hydrogens is 796 g/mol. The van der Waals surface area contributed by atoms with Gasteiger partial charge in [0.25, 0.3) is 17.7 Å². The fourth-order valence-electron chi connectivity index (χ4n) is 6.10. The van der Waals surface area contributed by atoms with E-state index in [-0.39, 0.29) is 76.5 Å². The second kappa shape index (κ2) is 27.9. The highest BCUT2D eigenvalue weighted by Crippen LogP contribution is 2.20. The van der Waals surface area contributed by atoms with Crippen LogP contribution in [0.3, 0.4) is 0 Å². The van der Waals surface area contributed by atoms with Crippen LogP contribution in [0.5, 0.6) is 0 Å². The number of carbonyl (C=O) groups excluding carboxylic acids is 7. The Morgan fingerprint density at radius 1 is 0.754 bits per heavy atom. The van der Waals surface area contributed by atoms with Crippen molar-refractivity contribution in [1.29, 1.82) is 0 Å². The number of imide groups is 1. The van der Waals surface area contributed by atoms with Gasteiger partial charge in [0.05, 0.1) is 52.9 Å². The highest BCUT2D eigenvalue weighted by atomic mass is 16.6. The monoisotopic (exact) mass is 860 g/mol. The summed E-state index contributed by atoms with van der Waals surface area (Å²) in [6, 6.07) is 4.46. The molecule has 2 aliphatic heterocycles. The highest BCUT2D eigenvalue weighted by molar-refractivity contribution is 6.13. The van der Waals surface area contributed by atoms with Gasteiger partial charge in [-0.2, -0.15) is 0 Å². The van der Waals surface area contributed by atoms with Gasteiger partial charge < -0.3 is 60.9 Å². The zero-order valence-corrected chi connectivity index (χ0v) is 35.6. The van der Waals surface area contributed by atoms with Crippen molar-refractivity contribution in [2.45, 2.75) is 57.7 Å². The molecule has 0 aliphatic carbocycles. The van der Waals surface area contributed by atoms with Crippen molar-refractivity contribution >= 4 is 47.0 Å². The number of benzene rings is 1. The molecule has 20 nitrogen and oxygen atoms in total. The number of hydrogen-bond acceptors (Lipinski definition) is 14. The van der Waals surface area contributed by atoms with Gasteiger partial charge >= 0.3 is 0 Å². The third-order valence-electron chi connectivity index (χ3n) is 9.76. The first-order valence-electron chi connectivity index (χ1n) is 20.8. The summed E-state index contributed by atoms with van der Waals surface area (Å²) < 4.78 is 21.8. The van der Waals surface area contributed by atoms with Crippen LogP contribution in [0.15, 0.2) is 36.4 Å². The summed E-state index contributed by atoms with van der Waals surface area (Å²) in [4.78, 5) is 91.9. The summed E-state index contributed by atoms with van der Waals surface area (Å²) in [5.41, 5.74) is 6.52. The number of nitrogens with one attached hydrogen (secondary N) is 4. The summed E-state index contributed by atoms with van der Waals surface area (Å²) in [5.74, 6) is -3.19. The summed E-state index contributed by atoms with van der Waals surface area (Å²) >= 11 is 0. The first-order chi connectivity index (χ1) is 29.3. The maximum Gasteiger partial charge on any atom is 0.256 e. The molecule has 2 heterocycles. The van der Waals surface area contributed by atoms with E-state index in [2.05, 4.69) is 26.2 Å². The van der Waals surface area contributed by atoms with E-state index >= 15 is 0 Å². The molecule has 3 atom stereocenters. The Hall–Kier alpha value is -4.83. The molecule has 61 heavy (non-hydrogen) atoms. The van der Waals surface area contributed by atoms with Crippen molar-refractivity contribution < 1.29 is 57.6 Å². The molecule has 0 saturated carbocycles. The quantitative estimate of drug-likeness (QED) is 0.0404. The number of carbonyl (C=O) groups is 7. The van der Waals surface area contributed by atoms with Crippen molar-refractivity contribution in [3.8, 4) is 0 Å². The Morgan fingerprint density at radius 2 is 1.33 bits per heavy atom. The third kappa shape index (κ3) is 18.8. The van der Waals surface area contributed by atoms with Crippen molar-refractivity contribution in [3.05, 3.63) is 42.0 Å². The van der Waals surface area contributed by atoms with E-state index in [0.29, 0.717) is 63.7 Å². The van der Waals surface area contributed by atoms with Crippen LogP contribution in [0.25, 0.3) is 0 Å². The summed E-state index contributed by atoms with van der Waals surface area (Å²) in [6.07, 6.45) is 1.76. The first kappa shape index (κ1) is 50.5. The largest absolute Gasteiger partial charge is 0.379 e. The Balaban J connectivity index is 1.25. The van der Waals surface area contributed by atoms with E-state index in [9.17, 15) is 38.7 Å². The second-order valence-electron chi connectivity index (χ2n) is 14.9. The number of hydrogen-bond donors (Lipinski definition) is 6. The van der Waals surface area contributed by atoms with Crippen LogP contribution in [0.2, 0.25) is 0 Å². The minimum absolute atomic E-state index is 0.00434. The Bertz CT molecular complexity index is 1590. The van der Waals surface area contributed by atoms with Crippen LogP contribution in [-0.2, 0) is 52.5 Å². The zero-order valence-electron chi connectivity index (χ0n) is 35.6. The van der Waals surface area contributed by atoms with E-state index in [1.807, 2.05) is 7.05 Å². The van der Waals surface area contributed by atoms with Crippen molar-refractivity contribution in [3.63, 3.8) is 0 Å². The van der Waals surface area contributed by atoms with Crippen molar-refractivity contribution in [1.82, 2.24) is 30.7 Å². The molecular formula is C41H64N8O12. The van der Waals surface area contributed by atoms with Crippen LogP contribution in [-0.4, -0.2) is 179 Å². The van der Waals surface area contributed by atoms with Crippen LogP contribution < -0.4 is 27.0 Å². The van der Waals surface area contributed by atoms with Gasteiger partial charge in [0.15, 0.2) is 6.10 Å². The SMILES string of the molecule is CC(C)[C@H](NC(=O)CCOCCOCCOCCOCCNC(=O)CCN1C(=O)C=CC1=O)C(=O)N[C@@H](CCCN)C(=O)Nc1ccc(C(O)C(=O)N2CCN(C)CC2)cc1. The molecule has 1 aromatic carbocycles. The lowest BCUT2D eigenvalue weighted by Crippen LogP contribution is -2.54. The molecule has 340 valence electrons. The lowest BCUT2D eigenvalue weighted by Gasteiger charge is -2.33. The highest BCUT2D eigenvalue weighted by Gasteiger charge is 2.30. The van der Waals surface area contributed by atoms with Gasteiger partial charge in [0, 0.05) is 69.9 Å². The number of piperazine rings is 1. The molecule has 0 radical (unpaired) electrons.